The molecule has 0 heterocycles. The van der Waals surface area contributed by atoms with Crippen LogP contribution in [0.4, 0.5) is 4.39 Å². The molecule has 0 aliphatic heterocycles. The molecule has 1 aromatic rings. The van der Waals surface area contributed by atoms with E-state index < -0.39 is 19.1 Å². The highest BCUT2D eigenvalue weighted by Gasteiger charge is 2.16. The second kappa shape index (κ2) is 4.76. The molecule has 0 saturated carbocycles. The average Bonchev–Trinajstić information content (AvgIpc) is 2.19. The number of carbonyl (C=O) groups excluding carboxylic acids is 1. The maximum absolute atomic E-state index is 13.2. The molecule has 15 heavy (non-hydrogen) atoms. The minimum atomic E-state index is -2.11. The Bertz CT molecular complexity index is 368. The molecule has 0 aromatic heterocycles. The zero-order chi connectivity index (χ0) is 11.4. The van der Waals surface area contributed by atoms with Crippen molar-refractivity contribution >= 4 is 13.3 Å². The minimum absolute atomic E-state index is 0.00906. The van der Waals surface area contributed by atoms with Crippen LogP contribution < -0.4 is 4.65 Å². The van der Waals surface area contributed by atoms with Crippen LogP contribution in [0.25, 0.3) is 0 Å². The Morgan fingerprint density at radius 1 is 1.47 bits per heavy atom. The van der Waals surface area contributed by atoms with Crippen molar-refractivity contribution in [3.05, 3.63) is 29.6 Å². The van der Waals surface area contributed by atoms with Crippen LogP contribution in [0.1, 0.15) is 10.4 Å². The van der Waals surface area contributed by atoms with E-state index in [-0.39, 0.29) is 11.3 Å². The third-order valence-corrected chi connectivity index (χ3v) is 1.59. The quantitative estimate of drug-likeness (QED) is 0.545. The Morgan fingerprint density at radius 3 is 2.60 bits per heavy atom. The molecule has 0 bridgehead atoms. The van der Waals surface area contributed by atoms with E-state index in [0.717, 1.165) is 12.1 Å². The highest BCUT2D eigenvalue weighted by molar-refractivity contribution is 6.33. The molecular weight excluding hydrogens is 206 g/mol. The molecule has 2 N–H and O–H groups in total. The van der Waals surface area contributed by atoms with Crippen molar-refractivity contribution in [3.8, 4) is 5.75 Å². The van der Waals surface area contributed by atoms with Gasteiger partial charge in [-0.15, -0.1) is 0 Å². The van der Waals surface area contributed by atoms with Gasteiger partial charge in [0.1, 0.15) is 5.75 Å². The van der Waals surface area contributed by atoms with E-state index in [1.165, 1.54) is 13.2 Å². The van der Waals surface area contributed by atoms with Crippen LogP contribution in [0.3, 0.4) is 0 Å². The van der Waals surface area contributed by atoms with E-state index in [9.17, 15) is 9.18 Å². The molecule has 0 amide bonds. The molecule has 5 nitrogen and oxygen atoms in total. The molecule has 1 rings (SSSR count). The van der Waals surface area contributed by atoms with Gasteiger partial charge in [0, 0.05) is 0 Å². The monoisotopic (exact) mass is 214 g/mol. The highest BCUT2D eigenvalue weighted by Crippen LogP contribution is 2.18. The fourth-order valence-electron chi connectivity index (χ4n) is 0.955. The SMILES string of the molecule is COC(=O)c1ccc(OB(O)O)c(F)c1. The molecule has 0 fully saturated rings. The van der Waals surface area contributed by atoms with Crippen molar-refractivity contribution in [1.82, 2.24) is 0 Å². The first-order valence-corrected chi connectivity index (χ1v) is 3.95. The lowest BCUT2D eigenvalue weighted by Crippen LogP contribution is -2.21. The van der Waals surface area contributed by atoms with E-state index >= 15 is 0 Å². The lowest BCUT2D eigenvalue weighted by Gasteiger charge is -2.06. The summed E-state index contributed by atoms with van der Waals surface area (Å²) in [5.74, 6) is -1.94. The van der Waals surface area contributed by atoms with E-state index in [4.69, 9.17) is 10.0 Å². The number of methoxy groups -OCH3 is 1. The zero-order valence-corrected chi connectivity index (χ0v) is 7.81. The van der Waals surface area contributed by atoms with Gasteiger partial charge in [0.25, 0.3) is 0 Å². The first-order valence-electron chi connectivity index (χ1n) is 3.95. The van der Waals surface area contributed by atoms with Crippen LogP contribution in [0, 0.1) is 5.82 Å². The number of carbonyl (C=O) groups is 1. The lowest BCUT2D eigenvalue weighted by atomic mass is 10.2. The largest absolute Gasteiger partial charge is 0.707 e. The number of esters is 1. The second-order valence-electron chi connectivity index (χ2n) is 2.58. The van der Waals surface area contributed by atoms with Crippen LogP contribution in [-0.4, -0.2) is 30.4 Å². The van der Waals surface area contributed by atoms with Gasteiger partial charge in [-0.3, -0.25) is 0 Å². The highest BCUT2D eigenvalue weighted by atomic mass is 19.1. The van der Waals surface area contributed by atoms with Crippen LogP contribution in [0.5, 0.6) is 5.75 Å². The normalized spacial score (nSPS) is 9.60. The molecule has 1 aromatic carbocycles. The number of benzene rings is 1. The number of rotatable bonds is 3. The Labute approximate surface area is 85.2 Å². The zero-order valence-electron chi connectivity index (χ0n) is 7.81. The van der Waals surface area contributed by atoms with Crippen molar-refractivity contribution in [2.45, 2.75) is 0 Å². The molecule has 0 unspecified atom stereocenters. The summed E-state index contributed by atoms with van der Waals surface area (Å²) in [5.41, 5.74) is 0.00906. The van der Waals surface area contributed by atoms with Crippen molar-refractivity contribution in [1.29, 1.82) is 0 Å². The molecule has 0 spiro atoms. The smallest absolute Gasteiger partial charge is 0.510 e. The third kappa shape index (κ3) is 2.93. The van der Waals surface area contributed by atoms with E-state index in [2.05, 4.69) is 9.39 Å². The van der Waals surface area contributed by atoms with Gasteiger partial charge < -0.3 is 19.4 Å². The summed E-state index contributed by atoms with van der Waals surface area (Å²) >= 11 is 0. The van der Waals surface area contributed by atoms with Gasteiger partial charge in [0.15, 0.2) is 5.82 Å². The molecular formula is C8H8BFO5. The fourth-order valence-corrected chi connectivity index (χ4v) is 0.955. The molecule has 0 aliphatic rings. The third-order valence-electron chi connectivity index (χ3n) is 1.59. The Balaban J connectivity index is 2.93. The predicted molar refractivity (Wildman–Crippen MR) is 48.6 cm³/mol. The lowest BCUT2D eigenvalue weighted by molar-refractivity contribution is 0.0600. The Kier molecular flexibility index (Phi) is 3.65. The van der Waals surface area contributed by atoms with Gasteiger partial charge >= 0.3 is 13.3 Å². The number of halogens is 1. The van der Waals surface area contributed by atoms with E-state index in [0.29, 0.717) is 0 Å². The average molecular weight is 214 g/mol. The summed E-state index contributed by atoms with van der Waals surface area (Å²) in [6.45, 7) is 0. The van der Waals surface area contributed by atoms with E-state index in [1.54, 1.807) is 0 Å². The molecule has 0 saturated heterocycles. The topological polar surface area (TPSA) is 76.0 Å². The summed E-state index contributed by atoms with van der Waals surface area (Å²) in [7, 11) is -0.939. The second-order valence-corrected chi connectivity index (χ2v) is 2.58. The van der Waals surface area contributed by atoms with Crippen molar-refractivity contribution in [3.63, 3.8) is 0 Å². The molecule has 7 heteroatoms. The molecule has 0 radical (unpaired) electrons. The Hall–Kier alpha value is -1.60. The van der Waals surface area contributed by atoms with Crippen molar-refractivity contribution < 1.29 is 28.6 Å². The molecule has 80 valence electrons. The van der Waals surface area contributed by atoms with Gasteiger partial charge in [-0.1, -0.05) is 0 Å². The summed E-state index contributed by atoms with van der Waals surface area (Å²) < 4.78 is 21.8. The standard InChI is InChI=1S/C8H8BFO5/c1-14-8(11)5-2-3-7(6(10)4-5)15-9(12)13/h2-4,12-13H,1H3. The van der Waals surface area contributed by atoms with Crippen LogP contribution >= 0.6 is 0 Å². The van der Waals surface area contributed by atoms with E-state index in [1.807, 2.05) is 0 Å². The van der Waals surface area contributed by atoms with Crippen LogP contribution in [-0.2, 0) is 4.74 Å². The molecule has 0 aliphatic carbocycles. The summed E-state index contributed by atoms with van der Waals surface area (Å²) in [6, 6.07) is 3.22. The Morgan fingerprint density at radius 2 is 2.13 bits per heavy atom. The summed E-state index contributed by atoms with van der Waals surface area (Å²) in [6.07, 6.45) is 0. The number of hydrogen-bond acceptors (Lipinski definition) is 5. The maximum Gasteiger partial charge on any atom is 0.707 e. The van der Waals surface area contributed by atoms with Gasteiger partial charge in [0.05, 0.1) is 12.7 Å². The number of hydrogen-bond donors (Lipinski definition) is 2. The van der Waals surface area contributed by atoms with Crippen molar-refractivity contribution in [2.24, 2.45) is 0 Å². The molecule has 0 atom stereocenters. The van der Waals surface area contributed by atoms with Gasteiger partial charge in [-0.2, -0.15) is 0 Å². The first kappa shape index (κ1) is 11.5. The maximum atomic E-state index is 13.2. The predicted octanol–water partition coefficient (Wildman–Crippen LogP) is -0.0394. The van der Waals surface area contributed by atoms with Crippen LogP contribution in [0.2, 0.25) is 0 Å². The van der Waals surface area contributed by atoms with Gasteiger partial charge in [-0.25, -0.2) is 9.18 Å². The van der Waals surface area contributed by atoms with Gasteiger partial charge in [-0.05, 0) is 18.2 Å². The summed E-state index contributed by atoms with van der Waals surface area (Å²) in [5, 5.41) is 16.9. The number of ether oxygens (including phenoxy) is 1. The van der Waals surface area contributed by atoms with Gasteiger partial charge in [0.2, 0.25) is 0 Å². The summed E-state index contributed by atoms with van der Waals surface area (Å²) in [4.78, 5) is 11.0. The fraction of sp³-hybridized carbons (Fsp3) is 0.125. The van der Waals surface area contributed by atoms with Crippen LogP contribution in [0.15, 0.2) is 18.2 Å². The first-order chi connectivity index (χ1) is 7.04. The minimum Gasteiger partial charge on any atom is -0.510 e. The van der Waals surface area contributed by atoms with Crippen molar-refractivity contribution in [2.75, 3.05) is 7.11 Å².